The number of allylic oxidation sites excluding steroid dienone is 7. The van der Waals surface area contributed by atoms with Crippen molar-refractivity contribution in [1.29, 1.82) is 0 Å². The van der Waals surface area contributed by atoms with Gasteiger partial charge in [-0.2, -0.15) is 4.58 Å². The number of para-hydroxylation sites is 2. The van der Waals surface area contributed by atoms with Gasteiger partial charge in [-0.25, -0.2) is 0 Å². The third-order valence-corrected chi connectivity index (χ3v) is 8.89. The lowest BCUT2D eigenvalue weighted by molar-refractivity contribution is -0.401. The van der Waals surface area contributed by atoms with Gasteiger partial charge < -0.3 is 4.90 Å². The fourth-order valence-electron chi connectivity index (χ4n) is 6.82. The van der Waals surface area contributed by atoms with Crippen molar-refractivity contribution in [3.8, 4) is 0 Å². The van der Waals surface area contributed by atoms with E-state index in [9.17, 15) is 9.59 Å². The molecule has 2 aliphatic heterocycles. The third kappa shape index (κ3) is 4.28. The van der Waals surface area contributed by atoms with Crippen LogP contribution in [0.2, 0.25) is 0 Å². The van der Waals surface area contributed by atoms with E-state index in [1.54, 1.807) is 0 Å². The van der Waals surface area contributed by atoms with Gasteiger partial charge in [-0.1, -0.05) is 62.4 Å². The topological polar surface area (TPSA) is 43.6 Å². The fourth-order valence-corrected chi connectivity index (χ4v) is 6.82. The molecule has 0 atom stereocenters. The highest BCUT2D eigenvalue weighted by atomic mass is 16.2. The van der Waals surface area contributed by atoms with Crippen molar-refractivity contribution in [2.45, 2.75) is 65.2 Å². The molecule has 0 saturated heterocycles. The van der Waals surface area contributed by atoms with E-state index >= 15 is 0 Å². The van der Waals surface area contributed by atoms with Crippen LogP contribution < -0.4 is 4.90 Å². The van der Waals surface area contributed by atoms with Crippen LogP contribution in [0.3, 0.4) is 0 Å². The molecule has 0 fully saturated rings. The maximum atomic E-state index is 12.8. The zero-order valence-corrected chi connectivity index (χ0v) is 25.0. The summed E-state index contributed by atoms with van der Waals surface area (Å²) in [6, 6.07) is 17.0. The summed E-state index contributed by atoms with van der Waals surface area (Å²) in [7, 11) is 4.20. The number of hydrogen-bond donors (Lipinski definition) is 0. The van der Waals surface area contributed by atoms with Gasteiger partial charge in [0.2, 0.25) is 17.5 Å². The molecule has 0 spiro atoms. The zero-order valence-electron chi connectivity index (χ0n) is 25.0. The van der Waals surface area contributed by atoms with Gasteiger partial charge in [0.25, 0.3) is 0 Å². The quantitative estimate of drug-likeness (QED) is 0.400. The number of carbonyl (C=O) groups excluding carboxylic acids is 2. The lowest BCUT2D eigenvalue weighted by Gasteiger charge is -2.24. The molecule has 40 heavy (non-hydrogen) atoms. The molecule has 0 aromatic heterocycles. The first kappa shape index (κ1) is 27.6. The van der Waals surface area contributed by atoms with Crippen LogP contribution >= 0.6 is 0 Å². The van der Waals surface area contributed by atoms with Gasteiger partial charge in [-0.15, -0.1) is 0 Å². The summed E-state index contributed by atoms with van der Waals surface area (Å²) < 4.78 is 2.24. The predicted octanol–water partition coefficient (Wildman–Crippen LogP) is 6.93. The number of hydrogen-bond acceptors (Lipinski definition) is 3. The van der Waals surface area contributed by atoms with Gasteiger partial charge >= 0.3 is 0 Å². The van der Waals surface area contributed by atoms with E-state index < -0.39 is 0 Å². The average Bonchev–Trinajstić information content (AvgIpc) is 3.44. The molecule has 3 aliphatic rings. The summed E-state index contributed by atoms with van der Waals surface area (Å²) >= 11 is 0. The van der Waals surface area contributed by atoms with Gasteiger partial charge in [0.1, 0.15) is 7.05 Å². The Labute approximate surface area is 238 Å². The molecule has 2 aromatic carbocycles. The summed E-state index contributed by atoms with van der Waals surface area (Å²) in [5.41, 5.74) is 9.80. The Kier molecular flexibility index (Phi) is 6.81. The minimum absolute atomic E-state index is 0.154. The second-order valence-electron chi connectivity index (χ2n) is 12.1. The molecule has 0 radical (unpaired) electrons. The number of likely N-dealkylation sites (N-methyl/N-ethyl adjacent to an activating group) is 1. The number of rotatable bonds is 4. The molecule has 1 aliphatic carbocycles. The van der Waals surface area contributed by atoms with Crippen molar-refractivity contribution in [3.63, 3.8) is 0 Å². The van der Waals surface area contributed by atoms with Gasteiger partial charge in [-0.05, 0) is 55.5 Å². The van der Waals surface area contributed by atoms with Crippen molar-refractivity contribution in [2.24, 2.45) is 0 Å². The van der Waals surface area contributed by atoms with E-state index in [0.717, 1.165) is 29.7 Å². The first-order chi connectivity index (χ1) is 18.9. The van der Waals surface area contributed by atoms with Gasteiger partial charge in [0.15, 0.2) is 5.71 Å². The lowest BCUT2D eigenvalue weighted by Crippen LogP contribution is -2.33. The Morgan fingerprint density at radius 2 is 1.48 bits per heavy atom. The molecule has 5 heteroatoms. The van der Waals surface area contributed by atoms with Crippen molar-refractivity contribution in [3.05, 3.63) is 107 Å². The number of carbonyl (C=O) groups is 2. The Bertz CT molecular complexity index is 1560. The van der Waals surface area contributed by atoms with E-state index in [0.29, 0.717) is 0 Å². The molecule has 0 N–H and O–H groups in total. The van der Waals surface area contributed by atoms with Crippen LogP contribution in [0.1, 0.15) is 65.5 Å². The summed E-state index contributed by atoms with van der Waals surface area (Å²) in [4.78, 5) is 29.1. The van der Waals surface area contributed by atoms with Crippen LogP contribution in [0.25, 0.3) is 0 Å². The molecule has 5 rings (SSSR count). The summed E-state index contributed by atoms with van der Waals surface area (Å²) in [5.74, 6) is -0.532. The number of imide groups is 1. The number of nitrogens with zero attached hydrogens (tertiary/aromatic N) is 3. The van der Waals surface area contributed by atoms with Crippen LogP contribution in [0.5, 0.6) is 0 Å². The Morgan fingerprint density at radius 3 is 2.10 bits per heavy atom. The zero-order chi connectivity index (χ0) is 29.0. The van der Waals surface area contributed by atoms with Crippen LogP contribution in [0.15, 0.2) is 95.4 Å². The standard InChI is InChI=1S/C35H40N3O2/c1-23(39)38(24(2)40)33-25(19-21-31-34(3,4)27-13-9-11-15-29(27)36(31)7)17-18-26(33)20-22-32-35(5,6)28-14-10-12-16-30(28)37(32)8/h9-16,19-22H,17-18H2,1-8H3/q+1. The van der Waals surface area contributed by atoms with E-state index in [1.165, 1.54) is 52.7 Å². The lowest BCUT2D eigenvalue weighted by atomic mass is 9.81. The van der Waals surface area contributed by atoms with Gasteiger partial charge in [0, 0.05) is 55.4 Å². The Morgan fingerprint density at radius 1 is 0.850 bits per heavy atom. The molecule has 0 bridgehead atoms. The van der Waals surface area contributed by atoms with Crippen molar-refractivity contribution >= 4 is 28.9 Å². The van der Waals surface area contributed by atoms with Crippen LogP contribution in [0.4, 0.5) is 11.4 Å². The molecular formula is C35H40N3O2+. The van der Waals surface area contributed by atoms with E-state index in [2.05, 4.69) is 124 Å². The fraction of sp³-hybridized carbons (Fsp3) is 0.343. The second kappa shape index (κ2) is 9.88. The molecular weight excluding hydrogens is 494 g/mol. The first-order valence-electron chi connectivity index (χ1n) is 14.1. The minimum Gasteiger partial charge on any atom is -0.347 e. The van der Waals surface area contributed by atoms with Gasteiger partial charge in [-0.3, -0.25) is 14.5 Å². The normalized spacial score (nSPS) is 21.1. The maximum absolute atomic E-state index is 12.8. The predicted molar refractivity (Wildman–Crippen MR) is 163 cm³/mol. The van der Waals surface area contributed by atoms with Crippen molar-refractivity contribution in [2.75, 3.05) is 19.0 Å². The molecule has 2 amide bonds. The maximum Gasteiger partial charge on any atom is 0.230 e. The Balaban J connectivity index is 1.58. The summed E-state index contributed by atoms with van der Waals surface area (Å²) in [6.07, 6.45) is 10.1. The van der Waals surface area contributed by atoms with E-state index in [1.807, 2.05) is 0 Å². The average molecular weight is 535 g/mol. The van der Waals surface area contributed by atoms with Crippen LogP contribution in [0, 0.1) is 0 Å². The second-order valence-corrected chi connectivity index (χ2v) is 12.1. The SMILES string of the molecule is CC(=O)N(C(C)=O)C1=C(/C=C/C2=[N+](C)c3ccccc3C2(C)C)CC/C1=C\C=C1\N(C)c2ccccc2C1(C)C. The monoisotopic (exact) mass is 534 g/mol. The highest BCUT2D eigenvalue weighted by Crippen LogP contribution is 2.47. The van der Waals surface area contributed by atoms with Crippen LogP contribution in [-0.2, 0) is 20.4 Å². The van der Waals surface area contributed by atoms with Crippen molar-refractivity contribution < 1.29 is 14.2 Å². The third-order valence-electron chi connectivity index (χ3n) is 8.89. The molecule has 206 valence electrons. The largest absolute Gasteiger partial charge is 0.347 e. The molecule has 2 heterocycles. The highest BCUT2D eigenvalue weighted by molar-refractivity contribution is 6.03. The first-order valence-corrected chi connectivity index (χ1v) is 14.1. The van der Waals surface area contributed by atoms with E-state index in [-0.39, 0.29) is 22.6 Å². The molecule has 0 unspecified atom stereocenters. The van der Waals surface area contributed by atoms with Gasteiger partial charge in [0.05, 0.1) is 11.1 Å². The van der Waals surface area contributed by atoms with Crippen molar-refractivity contribution in [1.82, 2.24) is 4.90 Å². The summed E-state index contributed by atoms with van der Waals surface area (Å²) in [5, 5.41) is 0. The highest BCUT2D eigenvalue weighted by Gasteiger charge is 2.43. The molecule has 2 aromatic rings. The number of fused-ring (bicyclic) bond motifs is 2. The minimum atomic E-state index is -0.266. The molecule has 0 saturated carbocycles. The number of amides is 2. The smallest absolute Gasteiger partial charge is 0.230 e. The number of benzene rings is 2. The molecule has 5 nitrogen and oxygen atoms in total. The summed E-state index contributed by atoms with van der Waals surface area (Å²) in [6.45, 7) is 11.9. The number of anilines is 1. The Hall–Kier alpha value is -3.99. The van der Waals surface area contributed by atoms with E-state index in [4.69, 9.17) is 0 Å². The van der Waals surface area contributed by atoms with Crippen LogP contribution in [-0.4, -0.2) is 41.1 Å².